The fourth-order valence-corrected chi connectivity index (χ4v) is 4.03. The molecule has 0 saturated heterocycles. The van der Waals surface area contributed by atoms with Crippen LogP contribution in [0.25, 0.3) is 0 Å². The molecule has 3 rings (SSSR count). The summed E-state index contributed by atoms with van der Waals surface area (Å²) in [6.07, 6.45) is 0. The van der Waals surface area contributed by atoms with E-state index in [-0.39, 0.29) is 12.5 Å². The van der Waals surface area contributed by atoms with Crippen molar-refractivity contribution in [2.24, 2.45) is 0 Å². The maximum atomic E-state index is 12.1. The lowest BCUT2D eigenvalue weighted by atomic mass is 10.1. The molecule has 0 aliphatic heterocycles. The number of aromatic nitrogens is 2. The number of aryl methyl sites for hydroxylation is 3. The van der Waals surface area contributed by atoms with Crippen LogP contribution in [-0.2, 0) is 10.5 Å². The molecule has 3 aromatic rings. The second-order valence-corrected chi connectivity index (χ2v) is 8.45. The number of ether oxygens (including phenoxy) is 1. The third kappa shape index (κ3) is 5.80. The van der Waals surface area contributed by atoms with E-state index >= 15 is 0 Å². The fraction of sp³-hybridized carbons (Fsp3) is 0.250. The van der Waals surface area contributed by atoms with Gasteiger partial charge >= 0.3 is 0 Å². The van der Waals surface area contributed by atoms with Crippen LogP contribution in [0.2, 0.25) is 0 Å². The molecule has 0 radical (unpaired) electrons. The Bertz CT molecular complexity index is 923. The molecule has 1 N–H and O–H groups in total. The number of carbonyl (C=O) groups is 1. The number of rotatable bonds is 7. The summed E-state index contributed by atoms with van der Waals surface area (Å²) in [6, 6.07) is 14.3. The molecular formula is C20H21N3O2S2. The van der Waals surface area contributed by atoms with Gasteiger partial charge in [-0.3, -0.25) is 10.1 Å². The molecule has 27 heavy (non-hydrogen) atoms. The summed E-state index contributed by atoms with van der Waals surface area (Å²) in [6.45, 7) is 5.95. The van der Waals surface area contributed by atoms with Gasteiger partial charge in [0, 0.05) is 5.75 Å². The van der Waals surface area contributed by atoms with Crippen molar-refractivity contribution in [1.82, 2.24) is 10.2 Å². The van der Waals surface area contributed by atoms with Gasteiger partial charge in [-0.25, -0.2) is 0 Å². The van der Waals surface area contributed by atoms with Crippen LogP contribution in [0.15, 0.2) is 46.8 Å². The Hall–Kier alpha value is -2.38. The van der Waals surface area contributed by atoms with Gasteiger partial charge in [0.25, 0.3) is 5.91 Å². The predicted molar refractivity (Wildman–Crippen MR) is 111 cm³/mol. The topological polar surface area (TPSA) is 64.1 Å². The highest BCUT2D eigenvalue weighted by atomic mass is 32.2. The molecule has 0 spiro atoms. The molecule has 2 aromatic carbocycles. The lowest BCUT2D eigenvalue weighted by Gasteiger charge is -2.09. The molecular weight excluding hydrogens is 378 g/mol. The first kappa shape index (κ1) is 19.4. The second kappa shape index (κ2) is 9.01. The minimum atomic E-state index is -0.248. The van der Waals surface area contributed by atoms with Crippen LogP contribution in [0, 0.1) is 20.8 Å². The Morgan fingerprint density at radius 3 is 2.59 bits per heavy atom. The van der Waals surface area contributed by atoms with Gasteiger partial charge in [0.05, 0.1) is 0 Å². The van der Waals surface area contributed by atoms with Crippen molar-refractivity contribution in [3.63, 3.8) is 0 Å². The van der Waals surface area contributed by atoms with Crippen molar-refractivity contribution in [1.29, 1.82) is 0 Å². The Morgan fingerprint density at radius 2 is 1.81 bits per heavy atom. The van der Waals surface area contributed by atoms with Crippen molar-refractivity contribution in [2.45, 2.75) is 30.9 Å². The van der Waals surface area contributed by atoms with Crippen molar-refractivity contribution < 1.29 is 9.53 Å². The lowest BCUT2D eigenvalue weighted by molar-refractivity contribution is -0.118. The first-order valence-electron chi connectivity index (χ1n) is 8.51. The number of carbonyl (C=O) groups excluding carboxylic acids is 1. The monoisotopic (exact) mass is 399 g/mol. The number of nitrogens with one attached hydrogen (secondary N) is 1. The van der Waals surface area contributed by atoms with Gasteiger partial charge in [0.15, 0.2) is 10.9 Å². The predicted octanol–water partition coefficient (Wildman–Crippen LogP) is 4.77. The van der Waals surface area contributed by atoms with Crippen LogP contribution in [0.4, 0.5) is 5.13 Å². The summed E-state index contributed by atoms with van der Waals surface area (Å²) in [4.78, 5) is 12.1. The number of amides is 1. The average molecular weight is 400 g/mol. The van der Waals surface area contributed by atoms with Gasteiger partial charge in [-0.2, -0.15) is 0 Å². The van der Waals surface area contributed by atoms with Crippen LogP contribution in [0.3, 0.4) is 0 Å². The minimum Gasteiger partial charge on any atom is -0.483 e. The van der Waals surface area contributed by atoms with Gasteiger partial charge in [0.1, 0.15) is 5.75 Å². The van der Waals surface area contributed by atoms with E-state index in [0.717, 1.165) is 27.0 Å². The first-order valence-corrected chi connectivity index (χ1v) is 10.3. The molecule has 0 aliphatic carbocycles. The zero-order valence-electron chi connectivity index (χ0n) is 15.5. The van der Waals surface area contributed by atoms with E-state index in [1.807, 2.05) is 32.0 Å². The van der Waals surface area contributed by atoms with E-state index in [0.29, 0.717) is 5.13 Å². The van der Waals surface area contributed by atoms with Gasteiger partial charge in [0.2, 0.25) is 5.13 Å². The van der Waals surface area contributed by atoms with Crippen LogP contribution in [0.5, 0.6) is 5.75 Å². The molecule has 7 heteroatoms. The van der Waals surface area contributed by atoms with E-state index in [1.54, 1.807) is 11.8 Å². The van der Waals surface area contributed by atoms with E-state index < -0.39 is 0 Å². The molecule has 1 aromatic heterocycles. The normalized spacial score (nSPS) is 10.6. The Balaban J connectivity index is 1.48. The third-order valence-corrected chi connectivity index (χ3v) is 5.88. The maximum Gasteiger partial charge on any atom is 0.264 e. The molecule has 0 unspecified atom stereocenters. The number of nitrogens with zero attached hydrogens (tertiary/aromatic N) is 2. The number of thioether (sulfide) groups is 1. The molecule has 0 bridgehead atoms. The van der Waals surface area contributed by atoms with E-state index in [2.05, 4.69) is 46.7 Å². The first-order chi connectivity index (χ1) is 13.0. The average Bonchev–Trinajstić information content (AvgIpc) is 3.09. The third-order valence-electron chi connectivity index (χ3n) is 3.84. The molecule has 140 valence electrons. The minimum absolute atomic E-state index is 0.0598. The number of anilines is 1. The van der Waals surface area contributed by atoms with Crippen LogP contribution >= 0.6 is 23.1 Å². The van der Waals surface area contributed by atoms with Gasteiger partial charge < -0.3 is 4.74 Å². The quantitative estimate of drug-likeness (QED) is 0.458. The fourth-order valence-electron chi connectivity index (χ4n) is 2.31. The van der Waals surface area contributed by atoms with Crippen LogP contribution in [-0.4, -0.2) is 22.7 Å². The highest BCUT2D eigenvalue weighted by Crippen LogP contribution is 2.28. The van der Waals surface area contributed by atoms with Crippen molar-refractivity contribution >= 4 is 34.1 Å². The van der Waals surface area contributed by atoms with E-state index in [4.69, 9.17) is 4.74 Å². The maximum absolute atomic E-state index is 12.1. The molecule has 0 saturated carbocycles. The number of benzene rings is 2. The summed E-state index contributed by atoms with van der Waals surface area (Å²) in [7, 11) is 0. The smallest absolute Gasteiger partial charge is 0.264 e. The molecule has 0 fully saturated rings. The molecule has 1 heterocycles. The van der Waals surface area contributed by atoms with Gasteiger partial charge in [-0.15, -0.1) is 10.2 Å². The Morgan fingerprint density at radius 1 is 1.07 bits per heavy atom. The van der Waals surface area contributed by atoms with Gasteiger partial charge in [-0.05, 0) is 43.5 Å². The highest BCUT2D eigenvalue weighted by molar-refractivity contribution is 8.00. The van der Waals surface area contributed by atoms with Crippen molar-refractivity contribution in [3.8, 4) is 5.75 Å². The summed E-state index contributed by atoms with van der Waals surface area (Å²) < 4.78 is 6.43. The summed E-state index contributed by atoms with van der Waals surface area (Å²) >= 11 is 2.97. The zero-order valence-corrected chi connectivity index (χ0v) is 17.1. The summed E-state index contributed by atoms with van der Waals surface area (Å²) in [5, 5.41) is 11.4. The van der Waals surface area contributed by atoms with E-state index in [1.165, 1.54) is 22.5 Å². The molecule has 0 aliphatic rings. The van der Waals surface area contributed by atoms with Crippen molar-refractivity contribution in [3.05, 3.63) is 64.7 Å². The molecule has 0 atom stereocenters. The van der Waals surface area contributed by atoms with Gasteiger partial charge in [-0.1, -0.05) is 65.1 Å². The van der Waals surface area contributed by atoms with E-state index in [9.17, 15) is 4.79 Å². The molecule has 5 nitrogen and oxygen atoms in total. The zero-order chi connectivity index (χ0) is 19.2. The second-order valence-electron chi connectivity index (χ2n) is 6.25. The summed E-state index contributed by atoms with van der Waals surface area (Å²) in [5.41, 5.74) is 4.57. The lowest BCUT2D eigenvalue weighted by Crippen LogP contribution is -2.20. The highest BCUT2D eigenvalue weighted by Gasteiger charge is 2.10. The Kier molecular flexibility index (Phi) is 6.47. The molecule has 1 amide bonds. The SMILES string of the molecule is Cc1ccc(CSc2nnc(NC(=O)COc3cc(C)ccc3C)s2)cc1. The standard InChI is InChI=1S/C20H21N3O2S2/c1-13-5-8-16(9-6-13)12-26-20-23-22-19(27-20)21-18(24)11-25-17-10-14(2)4-7-15(17)3/h4-10H,11-12H2,1-3H3,(H,21,22,24). The number of hydrogen-bond acceptors (Lipinski definition) is 6. The van der Waals surface area contributed by atoms with Crippen LogP contribution in [0.1, 0.15) is 22.3 Å². The summed E-state index contributed by atoms with van der Waals surface area (Å²) in [5.74, 6) is 1.29. The largest absolute Gasteiger partial charge is 0.483 e. The Labute approximate surface area is 167 Å². The van der Waals surface area contributed by atoms with Crippen LogP contribution < -0.4 is 10.1 Å². The van der Waals surface area contributed by atoms with Crippen molar-refractivity contribution in [2.75, 3.05) is 11.9 Å². The number of hydrogen-bond donors (Lipinski definition) is 1.